The summed E-state index contributed by atoms with van der Waals surface area (Å²) in [6, 6.07) is 1.42. The molecule has 0 bridgehead atoms. The predicted molar refractivity (Wildman–Crippen MR) is 75.9 cm³/mol. The van der Waals surface area contributed by atoms with Crippen LogP contribution in [0.3, 0.4) is 0 Å². The number of aromatic nitrogens is 2. The van der Waals surface area contributed by atoms with E-state index in [1.54, 1.807) is 14.0 Å². The highest BCUT2D eigenvalue weighted by molar-refractivity contribution is 6.42. The number of aromatic carboxylic acids is 1. The van der Waals surface area contributed by atoms with Crippen LogP contribution < -0.4 is 5.32 Å². The molecule has 2 aromatic rings. The molecule has 2 rings (SSSR count). The smallest absolute Gasteiger partial charge is 0.339 e. The van der Waals surface area contributed by atoms with Gasteiger partial charge >= 0.3 is 5.97 Å². The molecule has 0 spiro atoms. The van der Waals surface area contributed by atoms with Crippen molar-refractivity contribution in [2.24, 2.45) is 7.05 Å². The molecule has 3 N–H and O–H groups in total. The summed E-state index contributed by atoms with van der Waals surface area (Å²) in [5.41, 5.74) is 0.893. The van der Waals surface area contributed by atoms with Crippen molar-refractivity contribution in [3.8, 4) is 0 Å². The van der Waals surface area contributed by atoms with E-state index in [1.807, 2.05) is 0 Å². The Balaban J connectivity index is 2.33. The van der Waals surface area contributed by atoms with Gasteiger partial charge in [-0.15, -0.1) is 0 Å². The van der Waals surface area contributed by atoms with Crippen LogP contribution in [0.15, 0.2) is 12.3 Å². The van der Waals surface area contributed by atoms with Crippen LogP contribution in [-0.2, 0) is 7.05 Å². The molecule has 20 heavy (non-hydrogen) atoms. The van der Waals surface area contributed by atoms with E-state index in [0.29, 0.717) is 5.69 Å². The van der Waals surface area contributed by atoms with E-state index < -0.39 is 11.9 Å². The second kappa shape index (κ2) is 5.22. The number of amides is 1. The van der Waals surface area contributed by atoms with Gasteiger partial charge in [-0.25, -0.2) is 4.79 Å². The van der Waals surface area contributed by atoms with E-state index in [4.69, 9.17) is 28.3 Å². The molecule has 8 heteroatoms. The molecule has 2 heterocycles. The van der Waals surface area contributed by atoms with Crippen LogP contribution in [-0.4, -0.2) is 26.5 Å². The van der Waals surface area contributed by atoms with Crippen LogP contribution in [0.1, 0.15) is 26.5 Å². The number of carbonyl (C=O) groups is 2. The summed E-state index contributed by atoms with van der Waals surface area (Å²) >= 11 is 11.7. The number of carbonyl (C=O) groups excluding carboxylic acids is 1. The quantitative estimate of drug-likeness (QED) is 0.813. The molecule has 2 aromatic heterocycles. The molecule has 0 fully saturated rings. The summed E-state index contributed by atoms with van der Waals surface area (Å²) in [5, 5.41) is 12.1. The standard InChI is InChI=1S/C12H11Cl2N3O3/c1-5-9(12(19)20)7(4-15-5)16-11(18)8-3-6(13)10(14)17(8)2/h3-4,15H,1-2H3,(H,16,18)(H,19,20). The molecule has 0 radical (unpaired) electrons. The average molecular weight is 316 g/mol. The first kappa shape index (κ1) is 14.5. The normalized spacial score (nSPS) is 10.6. The number of aromatic amines is 1. The number of nitrogens with one attached hydrogen (secondary N) is 2. The van der Waals surface area contributed by atoms with Crippen LogP contribution in [0, 0.1) is 6.92 Å². The molecule has 0 aliphatic rings. The first-order chi connectivity index (χ1) is 9.32. The molecule has 0 aliphatic heterocycles. The third-order valence-electron chi connectivity index (χ3n) is 2.89. The van der Waals surface area contributed by atoms with Crippen LogP contribution >= 0.6 is 23.2 Å². The fourth-order valence-corrected chi connectivity index (χ4v) is 2.22. The highest BCUT2D eigenvalue weighted by Gasteiger charge is 2.20. The number of aryl methyl sites for hydroxylation is 1. The fourth-order valence-electron chi connectivity index (χ4n) is 1.85. The first-order valence-electron chi connectivity index (χ1n) is 5.56. The number of nitrogens with zero attached hydrogens (tertiary/aromatic N) is 1. The van der Waals surface area contributed by atoms with Crippen molar-refractivity contribution in [3.05, 3.63) is 39.4 Å². The van der Waals surface area contributed by atoms with E-state index >= 15 is 0 Å². The second-order valence-corrected chi connectivity index (χ2v) is 4.95. The number of carboxylic acids is 1. The van der Waals surface area contributed by atoms with Gasteiger partial charge in [-0.1, -0.05) is 23.2 Å². The number of carboxylic acid groups (broad SMARTS) is 1. The number of H-pyrrole nitrogens is 1. The average Bonchev–Trinajstić information content (AvgIpc) is 2.85. The van der Waals surface area contributed by atoms with E-state index in [0.717, 1.165) is 0 Å². The van der Waals surface area contributed by atoms with E-state index in [1.165, 1.54) is 16.8 Å². The summed E-state index contributed by atoms with van der Waals surface area (Å²) in [7, 11) is 1.59. The SMILES string of the molecule is Cc1[nH]cc(NC(=O)c2cc(Cl)c(Cl)n2C)c1C(=O)O. The van der Waals surface area contributed by atoms with Crippen molar-refractivity contribution in [2.45, 2.75) is 6.92 Å². The molecule has 0 saturated heterocycles. The van der Waals surface area contributed by atoms with Crippen molar-refractivity contribution >= 4 is 40.8 Å². The largest absolute Gasteiger partial charge is 0.478 e. The minimum Gasteiger partial charge on any atom is -0.478 e. The molecular weight excluding hydrogens is 305 g/mol. The topological polar surface area (TPSA) is 87.1 Å². The van der Waals surface area contributed by atoms with Gasteiger partial charge in [0.15, 0.2) is 0 Å². The third-order valence-corrected chi connectivity index (χ3v) is 3.73. The van der Waals surface area contributed by atoms with Crippen molar-refractivity contribution in [2.75, 3.05) is 5.32 Å². The van der Waals surface area contributed by atoms with Crippen molar-refractivity contribution < 1.29 is 14.7 Å². The van der Waals surface area contributed by atoms with Crippen LogP contribution in [0.5, 0.6) is 0 Å². The Morgan fingerprint density at radius 1 is 1.40 bits per heavy atom. The molecule has 106 valence electrons. The van der Waals surface area contributed by atoms with Gasteiger partial charge < -0.3 is 20.0 Å². The van der Waals surface area contributed by atoms with Gasteiger partial charge in [-0.3, -0.25) is 4.79 Å². The zero-order valence-electron chi connectivity index (χ0n) is 10.6. The molecule has 0 unspecified atom stereocenters. The maximum Gasteiger partial charge on any atom is 0.339 e. The van der Waals surface area contributed by atoms with Gasteiger partial charge in [0.25, 0.3) is 5.91 Å². The lowest BCUT2D eigenvalue weighted by Crippen LogP contribution is -2.17. The lowest BCUT2D eigenvalue weighted by atomic mass is 10.2. The molecule has 1 amide bonds. The van der Waals surface area contributed by atoms with E-state index in [-0.39, 0.29) is 27.1 Å². The Morgan fingerprint density at radius 2 is 2.05 bits per heavy atom. The minimum atomic E-state index is -1.12. The second-order valence-electron chi connectivity index (χ2n) is 4.19. The lowest BCUT2D eigenvalue weighted by Gasteiger charge is -2.06. The Hall–Kier alpha value is -1.92. The van der Waals surface area contributed by atoms with Crippen LogP contribution in [0.25, 0.3) is 0 Å². The first-order valence-corrected chi connectivity index (χ1v) is 6.31. The zero-order valence-corrected chi connectivity index (χ0v) is 12.1. The maximum absolute atomic E-state index is 12.1. The van der Waals surface area contributed by atoms with Gasteiger partial charge in [0.05, 0.1) is 10.7 Å². The summed E-state index contributed by atoms with van der Waals surface area (Å²) in [6.45, 7) is 1.61. The molecule has 0 aromatic carbocycles. The van der Waals surface area contributed by atoms with Crippen molar-refractivity contribution in [1.82, 2.24) is 9.55 Å². The molecular formula is C12H11Cl2N3O3. The lowest BCUT2D eigenvalue weighted by molar-refractivity contribution is 0.0697. The van der Waals surface area contributed by atoms with Gasteiger partial charge in [0, 0.05) is 18.9 Å². The van der Waals surface area contributed by atoms with Gasteiger partial charge in [0.2, 0.25) is 0 Å². The zero-order chi connectivity index (χ0) is 15.0. The van der Waals surface area contributed by atoms with Crippen molar-refractivity contribution in [1.29, 1.82) is 0 Å². The molecule has 0 atom stereocenters. The van der Waals surface area contributed by atoms with Gasteiger partial charge in [0.1, 0.15) is 16.4 Å². The fraction of sp³-hybridized carbons (Fsp3) is 0.167. The highest BCUT2D eigenvalue weighted by atomic mass is 35.5. The predicted octanol–water partition coefficient (Wildman–Crippen LogP) is 2.92. The van der Waals surface area contributed by atoms with E-state index in [9.17, 15) is 9.59 Å². The highest BCUT2D eigenvalue weighted by Crippen LogP contribution is 2.26. The summed E-state index contributed by atoms with van der Waals surface area (Å²) in [4.78, 5) is 26.0. The molecule has 0 aliphatic carbocycles. The minimum absolute atomic E-state index is 0.0183. The van der Waals surface area contributed by atoms with Gasteiger partial charge in [-0.2, -0.15) is 0 Å². The van der Waals surface area contributed by atoms with Crippen LogP contribution in [0.4, 0.5) is 5.69 Å². The number of rotatable bonds is 3. The van der Waals surface area contributed by atoms with Crippen molar-refractivity contribution in [3.63, 3.8) is 0 Å². The van der Waals surface area contributed by atoms with E-state index in [2.05, 4.69) is 10.3 Å². The summed E-state index contributed by atoms with van der Waals surface area (Å²) in [6.07, 6.45) is 1.42. The maximum atomic E-state index is 12.1. The Bertz CT molecular complexity index is 703. The number of hydrogen-bond donors (Lipinski definition) is 3. The summed E-state index contributed by atoms with van der Waals surface area (Å²) < 4.78 is 1.42. The number of hydrogen-bond acceptors (Lipinski definition) is 2. The Morgan fingerprint density at radius 3 is 2.55 bits per heavy atom. The Kier molecular flexibility index (Phi) is 3.78. The van der Waals surface area contributed by atoms with Crippen LogP contribution in [0.2, 0.25) is 10.2 Å². The Labute approximate surface area is 124 Å². The number of anilines is 1. The molecule has 6 nitrogen and oxygen atoms in total. The van der Waals surface area contributed by atoms with Gasteiger partial charge in [-0.05, 0) is 13.0 Å². The summed E-state index contributed by atoms with van der Waals surface area (Å²) in [5.74, 6) is -1.62. The number of halogens is 2. The molecule has 0 saturated carbocycles. The third kappa shape index (κ3) is 2.39. The monoisotopic (exact) mass is 315 g/mol.